The number of amides is 1. The van der Waals surface area contributed by atoms with E-state index in [0.717, 1.165) is 27.4 Å². The molecule has 1 saturated heterocycles. The summed E-state index contributed by atoms with van der Waals surface area (Å²) < 4.78 is 24.8. The van der Waals surface area contributed by atoms with Crippen LogP contribution in [-0.2, 0) is 31.0 Å². The number of carbonyl (C=O) groups is 1. The van der Waals surface area contributed by atoms with Gasteiger partial charge < -0.3 is 14.4 Å². The van der Waals surface area contributed by atoms with Gasteiger partial charge in [-0.1, -0.05) is 54.6 Å². The van der Waals surface area contributed by atoms with Crippen LogP contribution in [-0.4, -0.2) is 47.0 Å². The van der Waals surface area contributed by atoms with Crippen LogP contribution in [0.15, 0.2) is 84.2 Å². The van der Waals surface area contributed by atoms with Gasteiger partial charge in [0.1, 0.15) is 28.9 Å². The lowest BCUT2D eigenvalue weighted by molar-refractivity contribution is 0.0299. The molecule has 1 aliphatic heterocycles. The van der Waals surface area contributed by atoms with Gasteiger partial charge in [-0.3, -0.25) is 9.69 Å². The van der Waals surface area contributed by atoms with Crippen molar-refractivity contribution in [2.75, 3.05) is 26.3 Å². The van der Waals surface area contributed by atoms with Crippen molar-refractivity contribution in [3.8, 4) is 5.75 Å². The first kappa shape index (κ1) is 26.0. The smallest absolute Gasteiger partial charge is 0.273 e. The molecule has 38 heavy (non-hydrogen) atoms. The van der Waals surface area contributed by atoms with Gasteiger partial charge >= 0.3 is 0 Å². The Morgan fingerprint density at radius 1 is 0.895 bits per heavy atom. The zero-order valence-electron chi connectivity index (χ0n) is 21.1. The first-order valence-electron chi connectivity index (χ1n) is 12.7. The highest BCUT2D eigenvalue weighted by Gasteiger charge is 2.21. The van der Waals surface area contributed by atoms with E-state index in [-0.39, 0.29) is 11.7 Å². The molecule has 3 aromatic carbocycles. The van der Waals surface area contributed by atoms with Gasteiger partial charge in [0.2, 0.25) is 0 Å². The summed E-state index contributed by atoms with van der Waals surface area (Å²) >= 11 is 1.49. The van der Waals surface area contributed by atoms with Crippen molar-refractivity contribution < 1.29 is 18.7 Å². The molecule has 8 heteroatoms. The summed E-state index contributed by atoms with van der Waals surface area (Å²) in [7, 11) is 0. The number of rotatable bonds is 10. The number of hydrogen-bond donors (Lipinski definition) is 0. The van der Waals surface area contributed by atoms with Gasteiger partial charge in [0.05, 0.1) is 19.8 Å². The van der Waals surface area contributed by atoms with E-state index in [1.807, 2.05) is 47.8 Å². The fraction of sp³-hybridized carbons (Fsp3) is 0.267. The van der Waals surface area contributed by atoms with Crippen LogP contribution in [0.1, 0.15) is 32.2 Å². The van der Waals surface area contributed by atoms with E-state index < -0.39 is 0 Å². The first-order valence-corrected chi connectivity index (χ1v) is 13.5. The van der Waals surface area contributed by atoms with Gasteiger partial charge in [0.25, 0.3) is 5.91 Å². The highest BCUT2D eigenvalue weighted by Crippen LogP contribution is 2.21. The van der Waals surface area contributed by atoms with Crippen LogP contribution in [0, 0.1) is 5.82 Å². The minimum Gasteiger partial charge on any atom is -0.489 e. The van der Waals surface area contributed by atoms with Crippen molar-refractivity contribution in [1.29, 1.82) is 0 Å². The van der Waals surface area contributed by atoms with Crippen LogP contribution in [0.2, 0.25) is 0 Å². The van der Waals surface area contributed by atoms with Gasteiger partial charge in [0, 0.05) is 31.6 Å². The lowest BCUT2D eigenvalue weighted by Crippen LogP contribution is -2.40. The monoisotopic (exact) mass is 531 g/mol. The predicted molar refractivity (Wildman–Crippen MR) is 145 cm³/mol. The largest absolute Gasteiger partial charge is 0.489 e. The second-order valence-corrected chi connectivity index (χ2v) is 10.2. The van der Waals surface area contributed by atoms with E-state index in [2.05, 4.69) is 22.0 Å². The average molecular weight is 532 g/mol. The Hall–Kier alpha value is -3.59. The van der Waals surface area contributed by atoms with Crippen LogP contribution < -0.4 is 4.74 Å². The highest BCUT2D eigenvalue weighted by molar-refractivity contribution is 7.09. The van der Waals surface area contributed by atoms with Crippen LogP contribution in [0.4, 0.5) is 4.39 Å². The zero-order valence-corrected chi connectivity index (χ0v) is 21.9. The van der Waals surface area contributed by atoms with Crippen molar-refractivity contribution in [2.45, 2.75) is 26.2 Å². The van der Waals surface area contributed by atoms with Crippen LogP contribution in [0.5, 0.6) is 5.75 Å². The summed E-state index contributed by atoms with van der Waals surface area (Å²) in [6.45, 7) is 4.69. The van der Waals surface area contributed by atoms with E-state index in [1.54, 1.807) is 17.0 Å². The molecule has 0 saturated carbocycles. The molecule has 0 unspecified atom stereocenters. The molecule has 0 bridgehead atoms. The fourth-order valence-electron chi connectivity index (χ4n) is 4.31. The molecule has 0 N–H and O–H groups in total. The van der Waals surface area contributed by atoms with Crippen molar-refractivity contribution in [2.24, 2.45) is 0 Å². The zero-order chi connectivity index (χ0) is 26.2. The van der Waals surface area contributed by atoms with Gasteiger partial charge in [-0.15, -0.1) is 11.3 Å². The van der Waals surface area contributed by atoms with Crippen LogP contribution >= 0.6 is 11.3 Å². The lowest BCUT2D eigenvalue weighted by atomic mass is 10.1. The Morgan fingerprint density at radius 2 is 1.55 bits per heavy atom. The number of thiazole rings is 1. The average Bonchev–Trinajstić information content (AvgIpc) is 3.43. The maximum atomic E-state index is 13.5. The highest BCUT2D eigenvalue weighted by atomic mass is 32.1. The van der Waals surface area contributed by atoms with Crippen LogP contribution in [0.3, 0.4) is 0 Å². The molecular weight excluding hydrogens is 501 g/mol. The molecule has 1 amide bonds. The number of nitrogens with zero attached hydrogens (tertiary/aromatic N) is 3. The summed E-state index contributed by atoms with van der Waals surface area (Å²) in [5, 5.41) is 2.70. The molecule has 1 fully saturated rings. The lowest BCUT2D eigenvalue weighted by Gasteiger charge is -2.26. The van der Waals surface area contributed by atoms with Crippen LogP contribution in [0.25, 0.3) is 0 Å². The first-order chi connectivity index (χ1) is 18.6. The Balaban J connectivity index is 1.25. The van der Waals surface area contributed by atoms with Gasteiger partial charge in [-0.25, -0.2) is 9.37 Å². The topological polar surface area (TPSA) is 54.9 Å². The van der Waals surface area contributed by atoms with E-state index in [0.29, 0.717) is 58.2 Å². The number of morpholine rings is 1. The number of halogens is 1. The third kappa shape index (κ3) is 7.25. The molecule has 196 valence electrons. The minimum atomic E-state index is -0.252. The van der Waals surface area contributed by atoms with E-state index in [9.17, 15) is 9.18 Å². The van der Waals surface area contributed by atoms with Crippen molar-refractivity contribution in [1.82, 2.24) is 14.8 Å². The molecule has 0 atom stereocenters. The number of benzene rings is 3. The van der Waals surface area contributed by atoms with Crippen molar-refractivity contribution in [3.63, 3.8) is 0 Å². The van der Waals surface area contributed by atoms with Crippen molar-refractivity contribution in [3.05, 3.63) is 117 Å². The molecule has 0 aliphatic carbocycles. The van der Waals surface area contributed by atoms with Gasteiger partial charge in [-0.2, -0.15) is 0 Å². The van der Waals surface area contributed by atoms with Crippen molar-refractivity contribution >= 4 is 17.2 Å². The number of carbonyl (C=O) groups excluding carboxylic acids is 1. The molecule has 1 aliphatic rings. The molecule has 2 heterocycles. The molecule has 4 aromatic rings. The predicted octanol–water partition coefficient (Wildman–Crippen LogP) is 5.54. The quantitative estimate of drug-likeness (QED) is 0.269. The third-order valence-electron chi connectivity index (χ3n) is 6.33. The Labute approximate surface area is 226 Å². The fourth-order valence-corrected chi connectivity index (χ4v) is 5.12. The molecular formula is C30H30FN3O3S. The maximum absolute atomic E-state index is 13.5. The molecule has 1 aromatic heterocycles. The standard InChI is InChI=1S/C30H30FN3O3S/c31-26-10-6-23(7-11-26)18-33(20-29-32-28(22-38-29)30(35)34-14-16-36-17-15-34)19-24-8-12-27(13-9-24)37-21-25-4-2-1-3-5-25/h1-13,22H,14-21H2. The summed E-state index contributed by atoms with van der Waals surface area (Å²) in [6.07, 6.45) is 0. The van der Waals surface area contributed by atoms with E-state index in [4.69, 9.17) is 9.47 Å². The van der Waals surface area contributed by atoms with Gasteiger partial charge in [0.15, 0.2) is 0 Å². The summed E-state index contributed by atoms with van der Waals surface area (Å²) in [4.78, 5) is 21.5. The van der Waals surface area contributed by atoms with E-state index >= 15 is 0 Å². The molecule has 0 radical (unpaired) electrons. The molecule has 5 rings (SSSR count). The van der Waals surface area contributed by atoms with E-state index in [1.165, 1.54) is 23.5 Å². The Bertz CT molecular complexity index is 1310. The number of aromatic nitrogens is 1. The number of hydrogen-bond acceptors (Lipinski definition) is 6. The molecule has 0 spiro atoms. The summed E-state index contributed by atoms with van der Waals surface area (Å²) in [6, 6.07) is 24.7. The third-order valence-corrected chi connectivity index (χ3v) is 7.16. The minimum absolute atomic E-state index is 0.0491. The maximum Gasteiger partial charge on any atom is 0.273 e. The van der Waals surface area contributed by atoms with Gasteiger partial charge in [-0.05, 0) is 41.0 Å². The Kier molecular flexibility index (Phi) is 8.75. The second kappa shape index (κ2) is 12.8. The molecule has 6 nitrogen and oxygen atoms in total. The summed E-state index contributed by atoms with van der Waals surface area (Å²) in [5.74, 6) is 0.512. The SMILES string of the molecule is O=C(c1csc(CN(Cc2ccc(F)cc2)Cc2ccc(OCc3ccccc3)cc2)n1)N1CCOCC1. The number of ether oxygens (including phenoxy) is 2. The Morgan fingerprint density at radius 3 is 2.24 bits per heavy atom. The normalized spacial score (nSPS) is 13.6. The summed E-state index contributed by atoms with van der Waals surface area (Å²) in [5.41, 5.74) is 3.74. The second-order valence-electron chi connectivity index (χ2n) is 9.22.